The summed E-state index contributed by atoms with van der Waals surface area (Å²) in [5.74, 6) is -1.07. The summed E-state index contributed by atoms with van der Waals surface area (Å²) >= 11 is 0. The Kier molecular flexibility index (Phi) is 13.9. The number of carbonyl (C=O) groups is 4. The van der Waals surface area contributed by atoms with Crippen LogP contribution in [0.25, 0.3) is 0 Å². The molecule has 1 saturated heterocycles. The molecule has 0 radical (unpaired) electrons. The van der Waals surface area contributed by atoms with E-state index >= 15 is 0 Å². The molecule has 0 aromatic carbocycles. The molecule has 0 unspecified atom stereocenters. The molecule has 1 fully saturated rings. The Labute approximate surface area is 231 Å². The van der Waals surface area contributed by atoms with Gasteiger partial charge in [0.1, 0.15) is 5.78 Å². The van der Waals surface area contributed by atoms with E-state index in [4.69, 9.17) is 2.74 Å². The number of allylic oxidation sites excluding steroid dienone is 3. The quantitative estimate of drug-likeness (QED) is 0.379. The summed E-state index contributed by atoms with van der Waals surface area (Å²) in [6.45, 7) is 9.60. The van der Waals surface area contributed by atoms with Gasteiger partial charge in [-0.3, -0.25) is 24.1 Å². The van der Waals surface area contributed by atoms with Crippen LogP contribution in [0.3, 0.4) is 0 Å². The van der Waals surface area contributed by atoms with Crippen molar-refractivity contribution in [2.75, 3.05) is 26.7 Å². The molecule has 1 rings (SSSR count). The van der Waals surface area contributed by atoms with Crippen molar-refractivity contribution in [2.24, 2.45) is 11.8 Å². The Bertz CT molecular complexity index is 907. The predicted molar refractivity (Wildman–Crippen MR) is 151 cm³/mol. The van der Waals surface area contributed by atoms with Gasteiger partial charge in [-0.1, -0.05) is 45.5 Å². The third-order valence-electron chi connectivity index (χ3n) is 7.18. The first-order valence-corrected chi connectivity index (χ1v) is 13.8. The summed E-state index contributed by atoms with van der Waals surface area (Å²) in [4.78, 5) is 53.4. The van der Waals surface area contributed by atoms with E-state index in [-0.39, 0.29) is 61.0 Å². The summed E-state index contributed by atoms with van der Waals surface area (Å²) in [5.41, 5.74) is 0. The van der Waals surface area contributed by atoms with Crippen LogP contribution < -0.4 is 16.0 Å². The number of rotatable bonds is 6. The Balaban J connectivity index is 3.10. The maximum atomic E-state index is 13.4. The highest BCUT2D eigenvalue weighted by Gasteiger charge is 2.33. The molecule has 1 aliphatic heterocycles. The van der Waals surface area contributed by atoms with Crippen LogP contribution in [0.1, 0.15) is 69.5 Å². The maximum Gasteiger partial charge on any atom is 0.237 e. The lowest BCUT2D eigenvalue weighted by atomic mass is 9.89. The van der Waals surface area contributed by atoms with E-state index in [1.165, 1.54) is 6.08 Å². The lowest BCUT2D eigenvalue weighted by Crippen LogP contribution is -2.51. The van der Waals surface area contributed by atoms with Crippen molar-refractivity contribution < 1.29 is 27.0 Å². The minimum atomic E-state index is -0.961. The van der Waals surface area contributed by atoms with Crippen LogP contribution in [0, 0.1) is 11.8 Å². The molecule has 4 N–H and O–H groups in total. The summed E-state index contributed by atoms with van der Waals surface area (Å²) in [5, 5.41) is 20.1. The zero-order valence-electron chi connectivity index (χ0n) is 26.0. The molecule has 0 saturated carbocycles. The van der Waals surface area contributed by atoms with Crippen LogP contribution in [-0.4, -0.2) is 90.2 Å². The lowest BCUT2D eigenvalue weighted by Gasteiger charge is -2.34. The van der Waals surface area contributed by atoms with Gasteiger partial charge in [0.15, 0.2) is 11.6 Å². The molecule has 9 nitrogen and oxygen atoms in total. The van der Waals surface area contributed by atoms with Gasteiger partial charge in [0.25, 0.3) is 0 Å². The fourth-order valence-electron chi connectivity index (χ4n) is 4.63. The molecule has 9 heteroatoms. The van der Waals surface area contributed by atoms with E-state index in [2.05, 4.69) is 16.0 Å². The average molecular weight is 537 g/mol. The molecule has 1 amide bonds. The molecule has 0 bridgehead atoms. The van der Waals surface area contributed by atoms with Crippen molar-refractivity contribution in [2.45, 2.75) is 97.0 Å². The molecule has 0 aromatic heterocycles. The topological polar surface area (TPSA) is 128 Å². The standard InChI is InChI=1S/C29H50N4O5/c1-8-9-10-13-20(4)28(37)27-24(35)15-11-14-23(34)26(19(2)3)31-18-25(36)21(5)32-29(38)22(6)30-16-12-17-33(27)7/h8-10,19-22,26-28,30-31,37H,1,11-18H2,2-7H3,(H,32,38)/t20-,21-,22-,26+,27-,28-/m1/s1/i1D2. The fraction of sp³-hybridized carbons (Fsp3) is 0.724. The van der Waals surface area contributed by atoms with Gasteiger partial charge in [-0.15, -0.1) is 0 Å². The molecule has 6 atom stereocenters. The van der Waals surface area contributed by atoms with Crippen LogP contribution in [0.5, 0.6) is 0 Å². The highest BCUT2D eigenvalue weighted by atomic mass is 16.3. The van der Waals surface area contributed by atoms with Gasteiger partial charge in [0, 0.05) is 12.8 Å². The number of hydrogen-bond donors (Lipinski definition) is 4. The van der Waals surface area contributed by atoms with Gasteiger partial charge in [0.05, 0.1) is 39.6 Å². The molecule has 0 aromatic rings. The summed E-state index contributed by atoms with van der Waals surface area (Å²) < 4.78 is 14.3. The molecular weight excluding hydrogens is 484 g/mol. The van der Waals surface area contributed by atoms with E-state index in [0.29, 0.717) is 32.4 Å². The molecule has 38 heavy (non-hydrogen) atoms. The molecular formula is C29H50N4O5. The van der Waals surface area contributed by atoms with Crippen molar-refractivity contribution in [1.29, 1.82) is 0 Å². The van der Waals surface area contributed by atoms with Crippen LogP contribution in [0.4, 0.5) is 0 Å². The second-order valence-corrected chi connectivity index (χ2v) is 10.8. The van der Waals surface area contributed by atoms with E-state index in [9.17, 15) is 24.3 Å². The molecule has 216 valence electrons. The SMILES string of the molecule is [2H]C([2H])=CC=CC[C@@H](C)[C@@H](O)[C@H]1C(=O)CCCC(=O)[C@H](C(C)C)NCC(=O)[C@@H](C)NC(=O)[C@@H](C)NCCCN1C. The van der Waals surface area contributed by atoms with Crippen molar-refractivity contribution in [1.82, 2.24) is 20.9 Å². The summed E-state index contributed by atoms with van der Waals surface area (Å²) in [6, 6.07) is -2.55. The number of likely N-dealkylation sites (N-methyl/N-ethyl adjacent to an activating group) is 1. The van der Waals surface area contributed by atoms with Gasteiger partial charge in [0.2, 0.25) is 5.91 Å². The Morgan fingerprint density at radius 2 is 1.74 bits per heavy atom. The summed E-state index contributed by atoms with van der Waals surface area (Å²) in [7, 11) is 1.79. The Morgan fingerprint density at radius 1 is 1.05 bits per heavy atom. The smallest absolute Gasteiger partial charge is 0.237 e. The third kappa shape index (κ3) is 11.3. The lowest BCUT2D eigenvalue weighted by molar-refractivity contribution is -0.129. The van der Waals surface area contributed by atoms with Crippen molar-refractivity contribution in [3.8, 4) is 0 Å². The zero-order valence-corrected chi connectivity index (χ0v) is 24.0. The number of amides is 1. The second kappa shape index (κ2) is 17.4. The van der Waals surface area contributed by atoms with Crippen LogP contribution in [0.15, 0.2) is 24.8 Å². The first kappa shape index (κ1) is 30.3. The van der Waals surface area contributed by atoms with Gasteiger partial charge >= 0.3 is 0 Å². The number of aliphatic hydroxyl groups is 1. The first-order chi connectivity index (χ1) is 18.8. The number of aliphatic hydroxyl groups excluding tert-OH is 1. The number of nitrogens with zero attached hydrogens (tertiary/aromatic N) is 1. The van der Waals surface area contributed by atoms with Gasteiger partial charge < -0.3 is 21.1 Å². The van der Waals surface area contributed by atoms with Crippen LogP contribution in [-0.2, 0) is 19.2 Å². The second-order valence-electron chi connectivity index (χ2n) is 10.8. The Hall–Kier alpha value is -2.20. The number of ketones is 3. The normalized spacial score (nSPS) is 29.1. The average Bonchev–Trinajstić information content (AvgIpc) is 2.87. The van der Waals surface area contributed by atoms with E-state index in [0.717, 1.165) is 0 Å². The first-order valence-electron chi connectivity index (χ1n) is 14.8. The predicted octanol–water partition coefficient (Wildman–Crippen LogP) is 1.79. The zero-order chi connectivity index (χ0) is 30.4. The van der Waals surface area contributed by atoms with Gasteiger partial charge in [-0.05, 0) is 65.1 Å². The number of carbonyl (C=O) groups excluding carboxylic acids is 4. The molecule has 1 aliphatic rings. The number of hydrogen-bond acceptors (Lipinski definition) is 8. The highest BCUT2D eigenvalue weighted by Crippen LogP contribution is 2.20. The minimum Gasteiger partial charge on any atom is -0.391 e. The molecule has 1 heterocycles. The van der Waals surface area contributed by atoms with Crippen LogP contribution in [0.2, 0.25) is 0 Å². The fourth-order valence-corrected chi connectivity index (χ4v) is 4.63. The van der Waals surface area contributed by atoms with Crippen molar-refractivity contribution >= 4 is 23.3 Å². The monoisotopic (exact) mass is 536 g/mol. The largest absolute Gasteiger partial charge is 0.391 e. The summed E-state index contributed by atoms with van der Waals surface area (Å²) in [6.07, 6.45) is 5.48. The van der Waals surface area contributed by atoms with Gasteiger partial charge in [-0.25, -0.2) is 0 Å². The minimum absolute atomic E-state index is 0.0527. The maximum absolute atomic E-state index is 13.4. The molecule has 0 aliphatic carbocycles. The van der Waals surface area contributed by atoms with E-state index in [1.54, 1.807) is 33.0 Å². The van der Waals surface area contributed by atoms with E-state index < -0.39 is 30.3 Å². The van der Waals surface area contributed by atoms with Crippen molar-refractivity contribution in [3.05, 3.63) is 24.8 Å². The van der Waals surface area contributed by atoms with Crippen LogP contribution >= 0.6 is 0 Å². The van der Waals surface area contributed by atoms with E-state index in [1.807, 2.05) is 25.7 Å². The molecule has 0 spiro atoms. The third-order valence-corrected chi connectivity index (χ3v) is 7.18. The number of Topliss-reactive ketones (excluding diaryl/α,β-unsaturated/α-hetero) is 3. The Morgan fingerprint density at radius 3 is 2.39 bits per heavy atom. The van der Waals surface area contributed by atoms with Crippen molar-refractivity contribution in [3.63, 3.8) is 0 Å². The highest BCUT2D eigenvalue weighted by molar-refractivity contribution is 5.92. The van der Waals surface area contributed by atoms with Gasteiger partial charge in [-0.2, -0.15) is 0 Å². The number of nitrogens with one attached hydrogen (secondary N) is 3.